The third-order valence-corrected chi connectivity index (χ3v) is 5.07. The van der Waals surface area contributed by atoms with E-state index in [-0.39, 0.29) is 5.91 Å². The molecule has 6 nitrogen and oxygen atoms in total. The Morgan fingerprint density at radius 2 is 2.17 bits per heavy atom. The number of likely N-dealkylation sites (tertiary alicyclic amines) is 2. The number of rotatable bonds is 4. The summed E-state index contributed by atoms with van der Waals surface area (Å²) in [4.78, 5) is 25.5. The fraction of sp³-hybridized carbons (Fsp3) is 0.471. The lowest BCUT2D eigenvalue weighted by molar-refractivity contribution is -0.129. The van der Waals surface area contributed by atoms with Crippen molar-refractivity contribution >= 4 is 5.91 Å². The van der Waals surface area contributed by atoms with Gasteiger partial charge in [-0.3, -0.25) is 14.7 Å². The van der Waals surface area contributed by atoms with Crippen molar-refractivity contribution in [3.05, 3.63) is 48.3 Å². The molecule has 1 amide bonds. The van der Waals surface area contributed by atoms with Gasteiger partial charge in [-0.25, -0.2) is 4.98 Å². The lowest BCUT2D eigenvalue weighted by Gasteiger charge is -2.25. The SMILES string of the molecule is Cn1ccnc1CN1CC[C@H]2[C@@H]1CC(=O)N2Cc1cccnc1. The number of hydrogen-bond donors (Lipinski definition) is 0. The summed E-state index contributed by atoms with van der Waals surface area (Å²) >= 11 is 0. The first-order valence-electron chi connectivity index (χ1n) is 8.11. The Morgan fingerprint density at radius 1 is 1.26 bits per heavy atom. The molecule has 4 heterocycles. The van der Waals surface area contributed by atoms with Crippen LogP contribution < -0.4 is 0 Å². The summed E-state index contributed by atoms with van der Waals surface area (Å²) in [5, 5.41) is 0. The Morgan fingerprint density at radius 3 is 2.91 bits per heavy atom. The van der Waals surface area contributed by atoms with E-state index >= 15 is 0 Å². The Balaban J connectivity index is 1.48. The number of fused-ring (bicyclic) bond motifs is 1. The molecule has 0 N–H and O–H groups in total. The summed E-state index contributed by atoms with van der Waals surface area (Å²) in [6.45, 7) is 2.52. The van der Waals surface area contributed by atoms with Gasteiger partial charge in [0.1, 0.15) is 5.82 Å². The van der Waals surface area contributed by atoms with Crippen molar-refractivity contribution in [2.75, 3.05) is 6.54 Å². The maximum absolute atomic E-state index is 12.5. The Kier molecular flexibility index (Phi) is 3.61. The predicted octanol–water partition coefficient (Wildman–Crippen LogP) is 1.19. The Bertz CT molecular complexity index is 698. The lowest BCUT2D eigenvalue weighted by Crippen LogP contribution is -2.37. The average Bonchev–Trinajstić information content (AvgIpc) is 3.21. The fourth-order valence-corrected chi connectivity index (χ4v) is 3.83. The minimum absolute atomic E-state index is 0.258. The molecule has 2 saturated heterocycles. The largest absolute Gasteiger partial charge is 0.337 e. The quantitative estimate of drug-likeness (QED) is 0.851. The molecular formula is C17H21N5O. The first kappa shape index (κ1) is 14.4. The highest BCUT2D eigenvalue weighted by Gasteiger charge is 2.46. The van der Waals surface area contributed by atoms with Crippen LogP contribution in [-0.4, -0.2) is 48.9 Å². The molecule has 0 saturated carbocycles. The second-order valence-electron chi connectivity index (χ2n) is 6.44. The molecule has 0 spiro atoms. The van der Waals surface area contributed by atoms with Crippen LogP contribution in [0.2, 0.25) is 0 Å². The summed E-state index contributed by atoms with van der Waals surface area (Å²) in [5.74, 6) is 1.32. The molecule has 2 aromatic heterocycles. The number of aromatic nitrogens is 3. The summed E-state index contributed by atoms with van der Waals surface area (Å²) in [6.07, 6.45) is 9.08. The van der Waals surface area contributed by atoms with Crippen LogP contribution in [-0.2, 0) is 24.9 Å². The van der Waals surface area contributed by atoms with Crippen LogP contribution in [0.25, 0.3) is 0 Å². The van der Waals surface area contributed by atoms with Crippen LogP contribution >= 0.6 is 0 Å². The first-order chi connectivity index (χ1) is 11.2. The highest BCUT2D eigenvalue weighted by atomic mass is 16.2. The van der Waals surface area contributed by atoms with Crippen LogP contribution in [0.3, 0.4) is 0 Å². The van der Waals surface area contributed by atoms with Gasteiger partial charge in [-0.2, -0.15) is 0 Å². The molecular weight excluding hydrogens is 290 g/mol. The van der Waals surface area contributed by atoms with E-state index in [4.69, 9.17) is 0 Å². The number of carbonyl (C=O) groups excluding carboxylic acids is 1. The number of nitrogens with zero attached hydrogens (tertiary/aromatic N) is 5. The second kappa shape index (κ2) is 5.77. The molecule has 0 aromatic carbocycles. The van der Waals surface area contributed by atoms with Gasteiger partial charge in [-0.15, -0.1) is 0 Å². The molecule has 0 bridgehead atoms. The number of carbonyl (C=O) groups is 1. The van der Waals surface area contributed by atoms with E-state index in [0.29, 0.717) is 25.0 Å². The zero-order valence-corrected chi connectivity index (χ0v) is 13.3. The van der Waals surface area contributed by atoms with E-state index in [1.165, 1.54) is 0 Å². The monoisotopic (exact) mass is 311 g/mol. The highest BCUT2D eigenvalue weighted by molar-refractivity contribution is 5.80. The molecule has 2 fully saturated rings. The van der Waals surface area contributed by atoms with Crippen LogP contribution in [0, 0.1) is 0 Å². The van der Waals surface area contributed by atoms with E-state index in [1.807, 2.05) is 42.7 Å². The zero-order chi connectivity index (χ0) is 15.8. The van der Waals surface area contributed by atoms with Crippen LogP contribution in [0.4, 0.5) is 0 Å². The van der Waals surface area contributed by atoms with E-state index in [2.05, 4.69) is 19.4 Å². The molecule has 4 rings (SSSR count). The van der Waals surface area contributed by atoms with Gasteiger partial charge < -0.3 is 9.47 Å². The van der Waals surface area contributed by atoms with Crippen molar-refractivity contribution in [1.29, 1.82) is 0 Å². The molecule has 120 valence electrons. The molecule has 0 unspecified atom stereocenters. The smallest absolute Gasteiger partial charge is 0.224 e. The third-order valence-electron chi connectivity index (χ3n) is 5.07. The van der Waals surface area contributed by atoms with E-state index in [9.17, 15) is 4.79 Å². The van der Waals surface area contributed by atoms with Gasteiger partial charge in [-0.1, -0.05) is 6.07 Å². The first-order valence-corrected chi connectivity index (χ1v) is 8.11. The molecule has 0 radical (unpaired) electrons. The summed E-state index contributed by atoms with van der Waals surface area (Å²) in [6, 6.07) is 4.60. The maximum Gasteiger partial charge on any atom is 0.224 e. The summed E-state index contributed by atoms with van der Waals surface area (Å²) in [7, 11) is 2.02. The maximum atomic E-state index is 12.5. The topological polar surface area (TPSA) is 54.3 Å². The van der Waals surface area contributed by atoms with Crippen molar-refractivity contribution in [2.45, 2.75) is 38.0 Å². The number of pyridine rings is 1. The van der Waals surface area contributed by atoms with Crippen LogP contribution in [0.15, 0.2) is 36.9 Å². The van der Waals surface area contributed by atoms with Gasteiger partial charge in [0.25, 0.3) is 0 Å². The summed E-state index contributed by atoms with van der Waals surface area (Å²) in [5.41, 5.74) is 1.10. The number of imidazole rings is 1. The van der Waals surface area contributed by atoms with Gasteiger partial charge >= 0.3 is 0 Å². The minimum atomic E-state index is 0.258. The zero-order valence-electron chi connectivity index (χ0n) is 13.3. The van der Waals surface area contributed by atoms with Crippen molar-refractivity contribution in [3.63, 3.8) is 0 Å². The highest BCUT2D eigenvalue weighted by Crippen LogP contribution is 2.34. The number of aryl methyl sites for hydroxylation is 1. The van der Waals surface area contributed by atoms with E-state index < -0.39 is 0 Å². The minimum Gasteiger partial charge on any atom is -0.337 e. The van der Waals surface area contributed by atoms with Crippen molar-refractivity contribution in [1.82, 2.24) is 24.3 Å². The third kappa shape index (κ3) is 2.63. The predicted molar refractivity (Wildman–Crippen MR) is 85.2 cm³/mol. The van der Waals surface area contributed by atoms with Gasteiger partial charge in [0.05, 0.1) is 6.54 Å². The number of amides is 1. The van der Waals surface area contributed by atoms with E-state index in [0.717, 1.165) is 30.9 Å². The molecule has 2 atom stereocenters. The Hall–Kier alpha value is -2.21. The number of hydrogen-bond acceptors (Lipinski definition) is 4. The standard InChI is InChI=1S/C17H21N5O/c1-20-8-6-19-16(20)12-21-7-4-14-15(21)9-17(23)22(14)11-13-3-2-5-18-10-13/h2-3,5-6,8,10,14-15H,4,7,9,11-12H2,1H3/t14-,15-/m0/s1. The Labute approximate surface area is 135 Å². The van der Waals surface area contributed by atoms with Gasteiger partial charge in [-0.05, 0) is 18.1 Å². The fourth-order valence-electron chi connectivity index (χ4n) is 3.83. The molecule has 2 aliphatic rings. The second-order valence-corrected chi connectivity index (χ2v) is 6.44. The molecule has 6 heteroatoms. The van der Waals surface area contributed by atoms with Gasteiger partial charge in [0.2, 0.25) is 5.91 Å². The van der Waals surface area contributed by atoms with Crippen molar-refractivity contribution < 1.29 is 4.79 Å². The average molecular weight is 311 g/mol. The molecule has 0 aliphatic carbocycles. The normalized spacial score (nSPS) is 24.4. The molecule has 2 aliphatic heterocycles. The lowest BCUT2D eigenvalue weighted by atomic mass is 10.1. The van der Waals surface area contributed by atoms with Gasteiger partial charge in [0.15, 0.2) is 0 Å². The van der Waals surface area contributed by atoms with E-state index in [1.54, 1.807) is 6.20 Å². The summed E-state index contributed by atoms with van der Waals surface area (Å²) < 4.78 is 2.05. The van der Waals surface area contributed by atoms with Crippen LogP contribution in [0.5, 0.6) is 0 Å². The molecule has 2 aromatic rings. The van der Waals surface area contributed by atoms with Crippen molar-refractivity contribution in [2.24, 2.45) is 7.05 Å². The van der Waals surface area contributed by atoms with Crippen molar-refractivity contribution in [3.8, 4) is 0 Å². The van der Waals surface area contributed by atoms with Gasteiger partial charge in [0, 0.05) is 63.4 Å². The molecule has 23 heavy (non-hydrogen) atoms. The van der Waals surface area contributed by atoms with Crippen LogP contribution in [0.1, 0.15) is 24.2 Å².